The number of hydrazone groups is 1. The highest BCUT2D eigenvalue weighted by molar-refractivity contribution is 7.91. The van der Waals surface area contributed by atoms with E-state index in [4.69, 9.17) is 0 Å². The van der Waals surface area contributed by atoms with Crippen LogP contribution in [0.2, 0.25) is 0 Å². The molecule has 1 saturated heterocycles. The van der Waals surface area contributed by atoms with Gasteiger partial charge in [-0.3, -0.25) is 14.9 Å². The number of sulfone groups is 1. The first-order valence-corrected chi connectivity index (χ1v) is 11.7. The number of nitrogens with one attached hydrogen (secondary N) is 1. The Labute approximate surface area is 166 Å². The lowest BCUT2D eigenvalue weighted by atomic mass is 10.1. The number of anilines is 1. The van der Waals surface area contributed by atoms with Gasteiger partial charge in [-0.25, -0.2) is 18.4 Å². The van der Waals surface area contributed by atoms with Crippen LogP contribution >= 0.6 is 11.3 Å². The first-order valence-electron chi connectivity index (χ1n) is 9.01. The van der Waals surface area contributed by atoms with Gasteiger partial charge in [0.15, 0.2) is 15.0 Å². The Morgan fingerprint density at radius 3 is 2.68 bits per heavy atom. The Balaban J connectivity index is 1.56. The Kier molecular flexibility index (Phi) is 4.70. The summed E-state index contributed by atoms with van der Waals surface area (Å²) in [6.07, 6.45) is 0.716. The predicted octanol–water partition coefficient (Wildman–Crippen LogP) is 2.02. The van der Waals surface area contributed by atoms with E-state index in [1.54, 1.807) is 0 Å². The SMILES string of the molecule is Cc1ccc(C)c2sc(NC(=O)C3=NN(C4CCS(=O)(=O)C4)C(=O)CC3)nc12. The van der Waals surface area contributed by atoms with Crippen molar-refractivity contribution in [1.29, 1.82) is 0 Å². The summed E-state index contributed by atoms with van der Waals surface area (Å²) in [5.74, 6) is -0.714. The van der Waals surface area contributed by atoms with Gasteiger partial charge >= 0.3 is 0 Å². The standard InChI is InChI=1S/C18H20N4O4S2/c1-10-3-4-11(2)16-15(10)19-18(27-16)20-17(24)13-5-6-14(23)22(21-13)12-7-8-28(25,26)9-12/h3-4,12H,5-9H2,1-2H3,(H,19,20,24). The van der Waals surface area contributed by atoms with Crippen molar-refractivity contribution >= 4 is 54.0 Å². The van der Waals surface area contributed by atoms with Crippen LogP contribution in [-0.4, -0.2) is 53.5 Å². The van der Waals surface area contributed by atoms with Crippen molar-refractivity contribution in [3.8, 4) is 0 Å². The van der Waals surface area contributed by atoms with Gasteiger partial charge < -0.3 is 0 Å². The average molecular weight is 421 g/mol. The van der Waals surface area contributed by atoms with Gasteiger partial charge in [0.2, 0.25) is 5.91 Å². The molecule has 0 spiro atoms. The van der Waals surface area contributed by atoms with E-state index in [0.717, 1.165) is 21.3 Å². The zero-order chi connectivity index (χ0) is 20.1. The molecule has 8 nitrogen and oxygen atoms in total. The molecular weight excluding hydrogens is 400 g/mol. The minimum absolute atomic E-state index is 0.0445. The summed E-state index contributed by atoms with van der Waals surface area (Å²) in [4.78, 5) is 29.4. The summed E-state index contributed by atoms with van der Waals surface area (Å²) in [5.41, 5.74) is 3.20. The van der Waals surface area contributed by atoms with Crippen LogP contribution < -0.4 is 5.32 Å². The lowest BCUT2D eigenvalue weighted by molar-refractivity contribution is -0.133. The fourth-order valence-electron chi connectivity index (χ4n) is 3.47. The molecule has 2 aliphatic heterocycles. The first kappa shape index (κ1) is 19.0. The average Bonchev–Trinajstić information content (AvgIpc) is 3.22. The van der Waals surface area contributed by atoms with Crippen molar-refractivity contribution in [2.75, 3.05) is 16.8 Å². The van der Waals surface area contributed by atoms with E-state index in [2.05, 4.69) is 15.4 Å². The molecule has 3 heterocycles. The van der Waals surface area contributed by atoms with Gasteiger partial charge in [0.05, 0.1) is 27.8 Å². The van der Waals surface area contributed by atoms with Crippen molar-refractivity contribution in [2.24, 2.45) is 5.10 Å². The normalized spacial score (nSPS) is 21.8. The summed E-state index contributed by atoms with van der Waals surface area (Å²) in [5, 5.41) is 8.64. The zero-order valence-corrected chi connectivity index (χ0v) is 17.2. The number of fused-ring (bicyclic) bond motifs is 1. The van der Waals surface area contributed by atoms with Crippen LogP contribution in [-0.2, 0) is 19.4 Å². The Bertz CT molecular complexity index is 1080. The van der Waals surface area contributed by atoms with Crippen molar-refractivity contribution in [1.82, 2.24) is 9.99 Å². The van der Waals surface area contributed by atoms with Crippen molar-refractivity contribution in [3.63, 3.8) is 0 Å². The Hall–Kier alpha value is -2.33. The quantitative estimate of drug-likeness (QED) is 0.817. The van der Waals surface area contributed by atoms with E-state index in [1.165, 1.54) is 16.3 Å². The van der Waals surface area contributed by atoms with Crippen LogP contribution in [0.3, 0.4) is 0 Å². The molecule has 28 heavy (non-hydrogen) atoms. The molecule has 0 saturated carbocycles. The maximum absolute atomic E-state index is 12.7. The molecule has 2 aromatic rings. The molecule has 0 aliphatic carbocycles. The third kappa shape index (κ3) is 3.53. The number of hydrogen-bond donors (Lipinski definition) is 1. The summed E-state index contributed by atoms with van der Waals surface area (Å²) >= 11 is 1.40. The highest BCUT2D eigenvalue weighted by Gasteiger charge is 2.37. The maximum atomic E-state index is 12.7. The van der Waals surface area contributed by atoms with Crippen LogP contribution in [0.25, 0.3) is 10.2 Å². The van der Waals surface area contributed by atoms with Crippen LogP contribution in [0.15, 0.2) is 17.2 Å². The van der Waals surface area contributed by atoms with Gasteiger partial charge in [-0.15, -0.1) is 0 Å². The van der Waals surface area contributed by atoms with Crippen molar-refractivity contribution < 1.29 is 18.0 Å². The van der Waals surface area contributed by atoms with E-state index in [-0.39, 0.29) is 36.0 Å². The van der Waals surface area contributed by atoms with E-state index in [9.17, 15) is 18.0 Å². The van der Waals surface area contributed by atoms with Gasteiger partial charge in [0, 0.05) is 12.8 Å². The third-order valence-corrected chi connectivity index (χ3v) is 7.90. The van der Waals surface area contributed by atoms with E-state index >= 15 is 0 Å². The summed E-state index contributed by atoms with van der Waals surface area (Å²) in [7, 11) is -3.15. The molecule has 1 fully saturated rings. The predicted molar refractivity (Wildman–Crippen MR) is 108 cm³/mol. The molecule has 2 aliphatic rings. The topological polar surface area (TPSA) is 109 Å². The highest BCUT2D eigenvalue weighted by Crippen LogP contribution is 2.31. The third-order valence-electron chi connectivity index (χ3n) is 5.04. The minimum Gasteiger partial charge on any atom is -0.297 e. The molecule has 148 valence electrons. The zero-order valence-electron chi connectivity index (χ0n) is 15.6. The van der Waals surface area contributed by atoms with Crippen molar-refractivity contribution in [2.45, 2.75) is 39.2 Å². The maximum Gasteiger partial charge on any atom is 0.273 e. The van der Waals surface area contributed by atoms with Gasteiger partial charge in [-0.2, -0.15) is 5.10 Å². The lowest BCUT2D eigenvalue weighted by Gasteiger charge is -2.27. The van der Waals surface area contributed by atoms with Crippen molar-refractivity contribution in [3.05, 3.63) is 23.3 Å². The van der Waals surface area contributed by atoms with Gasteiger partial charge in [-0.05, 0) is 31.4 Å². The van der Waals surface area contributed by atoms with Gasteiger partial charge in [0.25, 0.3) is 5.91 Å². The second-order valence-corrected chi connectivity index (χ2v) is 10.4. The van der Waals surface area contributed by atoms with Crippen LogP contribution in [0, 0.1) is 13.8 Å². The number of amides is 2. The van der Waals surface area contributed by atoms with E-state index < -0.39 is 21.8 Å². The second-order valence-electron chi connectivity index (χ2n) is 7.19. The second kappa shape index (κ2) is 6.93. The number of rotatable bonds is 3. The Morgan fingerprint density at radius 1 is 1.25 bits per heavy atom. The fraction of sp³-hybridized carbons (Fsp3) is 0.444. The molecule has 2 amide bonds. The van der Waals surface area contributed by atoms with Crippen LogP contribution in [0.4, 0.5) is 5.13 Å². The molecule has 1 aromatic carbocycles. The van der Waals surface area contributed by atoms with Gasteiger partial charge in [-0.1, -0.05) is 23.5 Å². The Morgan fingerprint density at radius 2 is 2.00 bits per heavy atom. The molecule has 0 radical (unpaired) electrons. The smallest absolute Gasteiger partial charge is 0.273 e. The van der Waals surface area contributed by atoms with Crippen LogP contribution in [0.5, 0.6) is 0 Å². The molecule has 1 atom stereocenters. The number of aromatic nitrogens is 1. The molecule has 10 heteroatoms. The number of carbonyl (C=O) groups excluding carboxylic acids is 2. The summed E-state index contributed by atoms with van der Waals surface area (Å²) < 4.78 is 24.5. The lowest BCUT2D eigenvalue weighted by Crippen LogP contribution is -2.42. The van der Waals surface area contributed by atoms with Crippen LogP contribution in [0.1, 0.15) is 30.4 Å². The molecular formula is C18H20N4O4S2. The number of benzene rings is 1. The summed E-state index contributed by atoms with van der Waals surface area (Å²) in [6, 6.07) is 3.52. The van der Waals surface area contributed by atoms with E-state index in [1.807, 2.05) is 26.0 Å². The molecule has 1 N–H and O–H groups in total. The number of hydrogen-bond acceptors (Lipinski definition) is 7. The monoisotopic (exact) mass is 420 g/mol. The van der Waals surface area contributed by atoms with Gasteiger partial charge in [0.1, 0.15) is 5.71 Å². The largest absolute Gasteiger partial charge is 0.297 e. The number of nitrogens with zero attached hydrogens (tertiary/aromatic N) is 3. The highest BCUT2D eigenvalue weighted by atomic mass is 32.2. The molecule has 4 rings (SSSR count). The summed E-state index contributed by atoms with van der Waals surface area (Å²) in [6.45, 7) is 3.97. The number of aryl methyl sites for hydroxylation is 2. The molecule has 1 unspecified atom stereocenters. The molecule has 0 bridgehead atoms. The van der Waals surface area contributed by atoms with E-state index in [0.29, 0.717) is 11.6 Å². The first-order chi connectivity index (χ1) is 13.2. The number of thiazole rings is 1. The number of carbonyl (C=O) groups is 2. The minimum atomic E-state index is -3.15. The molecule has 1 aromatic heterocycles. The fourth-order valence-corrected chi connectivity index (χ4v) is 6.17.